The number of anilines is 2. The first-order chi connectivity index (χ1) is 13.2. The van der Waals surface area contributed by atoms with Gasteiger partial charge in [-0.15, -0.1) is 15.3 Å². The summed E-state index contributed by atoms with van der Waals surface area (Å²) >= 11 is 0. The third kappa shape index (κ3) is 3.70. The van der Waals surface area contributed by atoms with E-state index in [1.54, 1.807) is 35.1 Å². The molecule has 0 spiro atoms. The van der Waals surface area contributed by atoms with E-state index in [0.717, 1.165) is 32.0 Å². The lowest BCUT2D eigenvalue weighted by Gasteiger charge is -2.34. The van der Waals surface area contributed by atoms with Crippen LogP contribution in [0.3, 0.4) is 0 Å². The molecule has 1 amide bonds. The van der Waals surface area contributed by atoms with Gasteiger partial charge in [0.05, 0.1) is 17.8 Å². The maximum absolute atomic E-state index is 12.3. The van der Waals surface area contributed by atoms with Crippen LogP contribution in [-0.2, 0) is 4.79 Å². The molecule has 0 radical (unpaired) electrons. The molecule has 1 aromatic carbocycles. The third-order valence-electron chi connectivity index (χ3n) is 4.53. The van der Waals surface area contributed by atoms with Gasteiger partial charge in [0.25, 0.3) is 0 Å². The Kier molecular flexibility index (Phi) is 4.63. The molecule has 0 bridgehead atoms. The molecule has 0 atom stereocenters. The van der Waals surface area contributed by atoms with Crippen molar-refractivity contribution in [3.05, 3.63) is 48.3 Å². The molecule has 1 saturated heterocycles. The Morgan fingerprint density at radius 3 is 2.78 bits per heavy atom. The topological polar surface area (TPSA) is 102 Å². The van der Waals surface area contributed by atoms with Crippen molar-refractivity contribution in [2.24, 2.45) is 0 Å². The number of benzene rings is 1. The number of nitriles is 1. The molecular formula is C18H18N8O. The number of hydrogen-bond acceptors (Lipinski definition) is 7. The lowest BCUT2D eigenvalue weighted by atomic mass is 10.2. The largest absolute Gasteiger partial charge is 0.353 e. The summed E-state index contributed by atoms with van der Waals surface area (Å²) in [5, 5.41) is 24.2. The molecule has 0 unspecified atom stereocenters. The molecule has 27 heavy (non-hydrogen) atoms. The van der Waals surface area contributed by atoms with Crippen LogP contribution in [-0.4, -0.2) is 63.3 Å². The van der Waals surface area contributed by atoms with E-state index in [2.05, 4.69) is 36.5 Å². The van der Waals surface area contributed by atoms with Crippen LogP contribution in [0.5, 0.6) is 0 Å². The van der Waals surface area contributed by atoms with E-state index in [-0.39, 0.29) is 5.91 Å². The van der Waals surface area contributed by atoms with Crippen LogP contribution in [0.25, 0.3) is 5.65 Å². The molecule has 0 saturated carbocycles. The first kappa shape index (κ1) is 16.9. The summed E-state index contributed by atoms with van der Waals surface area (Å²) in [5.41, 5.74) is 1.73. The number of carbonyl (C=O) groups excluding carboxylic acids is 1. The molecular weight excluding hydrogens is 344 g/mol. The number of rotatable bonds is 4. The van der Waals surface area contributed by atoms with Crippen molar-refractivity contribution in [1.82, 2.24) is 24.7 Å². The molecule has 1 N–H and O–H groups in total. The van der Waals surface area contributed by atoms with Crippen LogP contribution in [0.15, 0.2) is 42.7 Å². The molecule has 9 nitrogen and oxygen atoms in total. The first-order valence-corrected chi connectivity index (χ1v) is 8.66. The molecule has 3 heterocycles. The average Bonchev–Trinajstić information content (AvgIpc) is 3.17. The van der Waals surface area contributed by atoms with Crippen molar-refractivity contribution < 1.29 is 4.79 Å². The molecule has 2 aromatic heterocycles. The quantitative estimate of drug-likeness (QED) is 0.731. The van der Waals surface area contributed by atoms with Crippen LogP contribution in [0, 0.1) is 11.3 Å². The zero-order valence-electron chi connectivity index (χ0n) is 14.6. The van der Waals surface area contributed by atoms with Crippen molar-refractivity contribution in [1.29, 1.82) is 5.26 Å². The Morgan fingerprint density at radius 1 is 1.15 bits per heavy atom. The maximum Gasteiger partial charge on any atom is 0.238 e. The fourth-order valence-corrected chi connectivity index (χ4v) is 3.10. The van der Waals surface area contributed by atoms with Gasteiger partial charge in [0.15, 0.2) is 5.65 Å². The Bertz CT molecular complexity index is 1000. The second-order valence-corrected chi connectivity index (χ2v) is 6.29. The van der Waals surface area contributed by atoms with Gasteiger partial charge in [-0.2, -0.15) is 9.78 Å². The molecule has 1 aliphatic heterocycles. The smallest absolute Gasteiger partial charge is 0.238 e. The summed E-state index contributed by atoms with van der Waals surface area (Å²) in [4.78, 5) is 16.6. The molecule has 1 aliphatic rings. The lowest BCUT2D eigenvalue weighted by molar-refractivity contribution is -0.117. The van der Waals surface area contributed by atoms with Crippen molar-refractivity contribution >= 4 is 23.1 Å². The van der Waals surface area contributed by atoms with Gasteiger partial charge in [0.1, 0.15) is 18.2 Å². The van der Waals surface area contributed by atoms with Gasteiger partial charge in [0.2, 0.25) is 5.91 Å². The number of hydrogen-bond donors (Lipinski definition) is 1. The molecule has 4 rings (SSSR count). The fraction of sp³-hybridized carbons (Fsp3) is 0.278. The van der Waals surface area contributed by atoms with Gasteiger partial charge in [0, 0.05) is 26.2 Å². The van der Waals surface area contributed by atoms with Gasteiger partial charge in [-0.25, -0.2) is 0 Å². The van der Waals surface area contributed by atoms with E-state index >= 15 is 0 Å². The average molecular weight is 362 g/mol. The second kappa shape index (κ2) is 7.39. The van der Waals surface area contributed by atoms with Gasteiger partial charge < -0.3 is 10.2 Å². The molecule has 136 valence electrons. The predicted molar refractivity (Wildman–Crippen MR) is 99.2 cm³/mol. The van der Waals surface area contributed by atoms with E-state index in [9.17, 15) is 4.79 Å². The lowest BCUT2D eigenvalue weighted by Crippen LogP contribution is -2.49. The number of carbonyl (C=O) groups is 1. The van der Waals surface area contributed by atoms with Gasteiger partial charge in [-0.1, -0.05) is 12.1 Å². The van der Waals surface area contributed by atoms with Crippen LogP contribution in [0.1, 0.15) is 5.56 Å². The highest BCUT2D eigenvalue weighted by Gasteiger charge is 2.20. The van der Waals surface area contributed by atoms with Gasteiger partial charge >= 0.3 is 0 Å². The zero-order valence-corrected chi connectivity index (χ0v) is 14.6. The number of nitrogens with one attached hydrogen (secondary N) is 1. The second-order valence-electron chi connectivity index (χ2n) is 6.29. The first-order valence-electron chi connectivity index (χ1n) is 8.66. The predicted octanol–water partition coefficient (Wildman–Crippen LogP) is 0.757. The van der Waals surface area contributed by atoms with Gasteiger partial charge in [-0.3, -0.25) is 9.69 Å². The number of nitrogens with zero attached hydrogens (tertiary/aromatic N) is 7. The summed E-state index contributed by atoms with van der Waals surface area (Å²) in [7, 11) is 0. The zero-order chi connectivity index (χ0) is 18.6. The summed E-state index contributed by atoms with van der Waals surface area (Å²) in [6.07, 6.45) is 1.58. The molecule has 3 aromatic rings. The van der Waals surface area contributed by atoms with Crippen molar-refractivity contribution in [3.63, 3.8) is 0 Å². The molecule has 9 heteroatoms. The highest BCUT2D eigenvalue weighted by molar-refractivity contribution is 5.93. The number of amides is 1. The minimum atomic E-state index is -0.116. The van der Waals surface area contributed by atoms with Gasteiger partial charge in [-0.05, 0) is 24.3 Å². The Labute approximate surface area is 155 Å². The summed E-state index contributed by atoms with van der Waals surface area (Å²) in [5.74, 6) is 0.754. The minimum absolute atomic E-state index is 0.116. The summed E-state index contributed by atoms with van der Waals surface area (Å²) in [6, 6.07) is 12.9. The van der Waals surface area contributed by atoms with E-state index in [1.807, 2.05) is 12.1 Å². The highest BCUT2D eigenvalue weighted by Crippen LogP contribution is 2.15. The maximum atomic E-state index is 12.3. The molecule has 0 aliphatic carbocycles. The van der Waals surface area contributed by atoms with Crippen LogP contribution in [0.2, 0.25) is 0 Å². The standard InChI is InChI=1S/C18H18N8O/c19-11-14-3-1-2-4-15(14)21-18(27)12-24-7-9-25(10-8-24)17-6-5-16-22-20-13-26(16)23-17/h1-6,13H,7-10,12H2,(H,21,27). The molecule has 1 fully saturated rings. The SMILES string of the molecule is N#Cc1ccccc1NC(=O)CN1CCN(c2ccc3nncn3n2)CC1. The number of fused-ring (bicyclic) bond motifs is 1. The minimum Gasteiger partial charge on any atom is -0.353 e. The van der Waals surface area contributed by atoms with E-state index < -0.39 is 0 Å². The number of para-hydroxylation sites is 1. The highest BCUT2D eigenvalue weighted by atomic mass is 16.2. The van der Waals surface area contributed by atoms with Crippen molar-refractivity contribution in [2.45, 2.75) is 0 Å². The fourth-order valence-electron chi connectivity index (χ4n) is 3.10. The van der Waals surface area contributed by atoms with Crippen LogP contribution >= 0.6 is 0 Å². The summed E-state index contributed by atoms with van der Waals surface area (Å²) < 4.78 is 1.65. The Hall–Kier alpha value is -3.51. The number of piperazine rings is 1. The summed E-state index contributed by atoms with van der Waals surface area (Å²) in [6.45, 7) is 3.38. The Balaban J connectivity index is 1.32. The van der Waals surface area contributed by atoms with E-state index in [1.165, 1.54) is 0 Å². The van der Waals surface area contributed by atoms with Crippen molar-refractivity contribution in [2.75, 3.05) is 42.9 Å². The van der Waals surface area contributed by atoms with E-state index in [4.69, 9.17) is 5.26 Å². The van der Waals surface area contributed by atoms with E-state index in [0.29, 0.717) is 23.4 Å². The van der Waals surface area contributed by atoms with Crippen LogP contribution < -0.4 is 10.2 Å². The van der Waals surface area contributed by atoms with Crippen LogP contribution in [0.4, 0.5) is 11.5 Å². The monoisotopic (exact) mass is 362 g/mol. The Morgan fingerprint density at radius 2 is 1.96 bits per heavy atom. The normalized spacial score (nSPS) is 14.9. The third-order valence-corrected chi connectivity index (χ3v) is 4.53. The number of aromatic nitrogens is 4. The van der Waals surface area contributed by atoms with Crippen molar-refractivity contribution in [3.8, 4) is 6.07 Å².